The predicted octanol–water partition coefficient (Wildman–Crippen LogP) is 7.23. The Hall–Kier alpha value is -4.01. The summed E-state index contributed by atoms with van der Waals surface area (Å²) in [5.74, 6) is 2.29. The number of nitrogens with two attached hydrogens (primary N) is 1. The number of likely N-dealkylation sites (N-methyl/N-ethyl adjacent to an activating group) is 1. The van der Waals surface area contributed by atoms with Gasteiger partial charge in [-0.15, -0.1) is 0 Å². The van der Waals surface area contributed by atoms with Crippen molar-refractivity contribution in [3.63, 3.8) is 0 Å². The smallest absolute Gasteiger partial charge is 0.246 e. The Balaban J connectivity index is 0.000000298. The Kier molecular flexibility index (Phi) is 16.6. The van der Waals surface area contributed by atoms with Crippen molar-refractivity contribution in [2.75, 3.05) is 39.9 Å². The number of amides is 1. The van der Waals surface area contributed by atoms with Crippen LogP contribution in [0.3, 0.4) is 0 Å². The number of allylic oxidation sites excluding steroid dienone is 2. The molecule has 45 heavy (non-hydrogen) atoms. The molecule has 0 spiro atoms. The number of hydrogen-bond acceptors (Lipinski definition) is 7. The van der Waals surface area contributed by atoms with Gasteiger partial charge in [-0.2, -0.15) is 0 Å². The molecule has 0 unspecified atom stereocenters. The fourth-order valence-electron chi connectivity index (χ4n) is 4.77. The molecule has 2 fully saturated rings. The second kappa shape index (κ2) is 20.1. The average Bonchev–Trinajstić information content (AvgIpc) is 2.98. The summed E-state index contributed by atoms with van der Waals surface area (Å²) in [5, 5.41) is 8.42. The minimum atomic E-state index is 0.166. The second-order valence-corrected chi connectivity index (χ2v) is 11.5. The fourth-order valence-corrected chi connectivity index (χ4v) is 4.77. The molecule has 1 atom stereocenters. The highest BCUT2D eigenvalue weighted by Crippen LogP contribution is 2.22. The summed E-state index contributed by atoms with van der Waals surface area (Å²) >= 11 is 0. The maximum absolute atomic E-state index is 12.0. The van der Waals surface area contributed by atoms with Crippen LogP contribution in [0.4, 0.5) is 0 Å². The van der Waals surface area contributed by atoms with Gasteiger partial charge in [0.15, 0.2) is 0 Å². The van der Waals surface area contributed by atoms with Crippen LogP contribution in [0.5, 0.6) is 11.5 Å². The van der Waals surface area contributed by atoms with Gasteiger partial charge in [-0.05, 0) is 76.1 Å². The van der Waals surface area contributed by atoms with Crippen LogP contribution in [0.1, 0.15) is 59.4 Å². The Bertz CT molecular complexity index is 1290. The SMILES string of the molecule is C=CN=C(C)/C(C(=N)c1ccc(Oc2ccccc2)cc1)=C(\C)N.CCC.C[C@@H]1CCCN(C(=O)/C=C/CN(C)C2COC2)C1. The van der Waals surface area contributed by atoms with Crippen molar-refractivity contribution < 1.29 is 14.3 Å². The van der Waals surface area contributed by atoms with E-state index >= 15 is 0 Å². The standard InChI is InChI=1S/C20H21N3O.C14H24N2O2.C3H8/c1-4-23-15(3)19(14(2)21)20(22)16-10-12-18(13-11-16)24-17-8-6-5-7-9-17;1-12-5-3-8-16(9-12)14(17)6-4-7-15(2)13-10-18-11-13;1-3-2/h4-13,22H,1,21H2,2-3H3;4,6,12-13H,3,5,7-11H2,1-2H3;3H2,1-2H3/b19-14-,22-20?,23-15?;6-4+;/t;12-;/m.1./s1. The maximum atomic E-state index is 12.0. The van der Waals surface area contributed by atoms with Gasteiger partial charge in [0.2, 0.25) is 5.91 Å². The molecule has 0 radical (unpaired) electrons. The van der Waals surface area contributed by atoms with Crippen LogP contribution in [-0.2, 0) is 9.53 Å². The Morgan fingerprint density at radius 1 is 1.13 bits per heavy atom. The lowest BCUT2D eigenvalue weighted by Gasteiger charge is -2.34. The van der Waals surface area contributed by atoms with Gasteiger partial charge < -0.3 is 20.1 Å². The van der Waals surface area contributed by atoms with Crippen molar-refractivity contribution in [2.24, 2.45) is 16.6 Å². The number of benzene rings is 2. The predicted molar refractivity (Wildman–Crippen MR) is 187 cm³/mol. The van der Waals surface area contributed by atoms with Gasteiger partial charge in [0.1, 0.15) is 11.5 Å². The zero-order valence-electron chi connectivity index (χ0n) is 28.1. The summed E-state index contributed by atoms with van der Waals surface area (Å²) in [7, 11) is 2.07. The molecule has 2 aliphatic rings. The van der Waals surface area contributed by atoms with Crippen LogP contribution in [0, 0.1) is 11.3 Å². The average molecular weight is 616 g/mol. The van der Waals surface area contributed by atoms with Crippen LogP contribution < -0.4 is 10.5 Å². The number of rotatable bonds is 10. The fraction of sp³-hybridized carbons (Fsp3) is 0.432. The summed E-state index contributed by atoms with van der Waals surface area (Å²) in [4.78, 5) is 20.3. The Morgan fingerprint density at radius 3 is 2.29 bits per heavy atom. The second-order valence-electron chi connectivity index (χ2n) is 11.5. The Morgan fingerprint density at radius 2 is 1.76 bits per heavy atom. The number of carbonyl (C=O) groups is 1. The first-order chi connectivity index (χ1) is 21.6. The van der Waals surface area contributed by atoms with Gasteiger partial charge in [-0.1, -0.05) is 58.0 Å². The zero-order valence-corrected chi connectivity index (χ0v) is 28.1. The number of para-hydroxylation sites is 1. The van der Waals surface area contributed by atoms with E-state index in [9.17, 15) is 4.79 Å². The topological polar surface area (TPSA) is 104 Å². The number of hydrogen-bond donors (Lipinski definition) is 2. The molecule has 2 heterocycles. The van der Waals surface area contributed by atoms with Gasteiger partial charge in [0, 0.05) is 54.5 Å². The molecule has 2 saturated heterocycles. The third kappa shape index (κ3) is 12.9. The van der Waals surface area contributed by atoms with Gasteiger partial charge in [0.05, 0.1) is 25.0 Å². The van der Waals surface area contributed by atoms with E-state index in [0.717, 1.165) is 50.6 Å². The van der Waals surface area contributed by atoms with Gasteiger partial charge in [-0.25, -0.2) is 0 Å². The zero-order chi connectivity index (χ0) is 33.2. The van der Waals surface area contributed by atoms with Crippen LogP contribution in [0.15, 0.2) is 95.8 Å². The molecule has 1 amide bonds. The van der Waals surface area contributed by atoms with Crippen molar-refractivity contribution in [3.8, 4) is 11.5 Å². The van der Waals surface area contributed by atoms with Crippen LogP contribution in [0.2, 0.25) is 0 Å². The van der Waals surface area contributed by atoms with E-state index < -0.39 is 0 Å². The quantitative estimate of drug-likeness (QED) is 0.217. The summed E-state index contributed by atoms with van der Waals surface area (Å²) in [6, 6.07) is 17.4. The maximum Gasteiger partial charge on any atom is 0.246 e. The van der Waals surface area contributed by atoms with Gasteiger partial charge >= 0.3 is 0 Å². The molecular formula is C37H53N5O3. The first kappa shape index (κ1) is 37.2. The third-order valence-electron chi connectivity index (χ3n) is 7.28. The number of piperidine rings is 1. The number of carbonyl (C=O) groups excluding carboxylic acids is 1. The summed E-state index contributed by atoms with van der Waals surface area (Å²) in [6.45, 7) is 17.9. The highest BCUT2D eigenvalue weighted by molar-refractivity contribution is 6.28. The van der Waals surface area contributed by atoms with Crippen LogP contribution in [0.25, 0.3) is 0 Å². The molecule has 8 heteroatoms. The molecule has 244 valence electrons. The highest BCUT2D eigenvalue weighted by Gasteiger charge is 2.22. The number of ether oxygens (including phenoxy) is 2. The molecule has 0 aromatic heterocycles. The van der Waals surface area contributed by atoms with E-state index in [0.29, 0.717) is 40.4 Å². The van der Waals surface area contributed by atoms with Crippen molar-refractivity contribution in [2.45, 2.75) is 59.9 Å². The largest absolute Gasteiger partial charge is 0.457 e. The molecule has 0 bridgehead atoms. The molecular weight excluding hydrogens is 562 g/mol. The number of nitrogens with zero attached hydrogens (tertiary/aromatic N) is 3. The third-order valence-corrected chi connectivity index (χ3v) is 7.28. The molecule has 4 rings (SSSR count). The minimum Gasteiger partial charge on any atom is -0.457 e. The van der Waals surface area contributed by atoms with E-state index in [4.69, 9.17) is 20.6 Å². The van der Waals surface area contributed by atoms with Gasteiger partial charge in [-0.3, -0.25) is 20.1 Å². The van der Waals surface area contributed by atoms with E-state index in [-0.39, 0.29) is 5.91 Å². The van der Waals surface area contributed by atoms with Crippen molar-refractivity contribution >= 4 is 17.3 Å². The normalized spacial score (nSPS) is 17.3. The molecule has 2 aromatic carbocycles. The first-order valence-corrected chi connectivity index (χ1v) is 15.9. The number of aliphatic imine (C=N–C) groups is 1. The molecule has 2 aromatic rings. The van der Waals surface area contributed by atoms with E-state index in [2.05, 4.69) is 44.3 Å². The van der Waals surface area contributed by atoms with E-state index in [1.165, 1.54) is 19.0 Å². The lowest BCUT2D eigenvalue weighted by Crippen LogP contribution is -2.47. The minimum absolute atomic E-state index is 0.166. The van der Waals surface area contributed by atoms with E-state index in [1.54, 1.807) is 13.0 Å². The number of likely N-dealkylation sites (tertiary alicyclic amines) is 1. The molecule has 8 nitrogen and oxygen atoms in total. The van der Waals surface area contributed by atoms with E-state index in [1.807, 2.05) is 72.5 Å². The molecule has 3 N–H and O–H groups in total. The lowest BCUT2D eigenvalue weighted by molar-refractivity contribution is -0.127. The van der Waals surface area contributed by atoms with Crippen LogP contribution in [-0.4, -0.2) is 73.1 Å². The highest BCUT2D eigenvalue weighted by atomic mass is 16.5. The van der Waals surface area contributed by atoms with Gasteiger partial charge in [0.25, 0.3) is 0 Å². The monoisotopic (exact) mass is 615 g/mol. The van der Waals surface area contributed by atoms with Crippen molar-refractivity contribution in [1.29, 1.82) is 5.41 Å². The van der Waals surface area contributed by atoms with Crippen LogP contribution >= 0.6 is 0 Å². The molecule has 0 saturated carbocycles. The molecule has 0 aliphatic carbocycles. The molecule has 2 aliphatic heterocycles. The summed E-state index contributed by atoms with van der Waals surface area (Å²) < 4.78 is 10.9. The number of nitrogens with one attached hydrogen (secondary N) is 1. The summed E-state index contributed by atoms with van der Waals surface area (Å²) in [5.41, 5.74) is 8.84. The Labute approximate surface area is 270 Å². The lowest BCUT2D eigenvalue weighted by atomic mass is 9.97. The van der Waals surface area contributed by atoms with Crippen molar-refractivity contribution in [1.82, 2.24) is 9.80 Å². The van der Waals surface area contributed by atoms with Crippen molar-refractivity contribution in [3.05, 3.63) is 96.4 Å². The first-order valence-electron chi connectivity index (χ1n) is 15.9. The summed E-state index contributed by atoms with van der Waals surface area (Å²) in [6.07, 6.45) is 8.79.